The van der Waals surface area contributed by atoms with Gasteiger partial charge in [0.25, 0.3) is 0 Å². The van der Waals surface area contributed by atoms with Crippen LogP contribution in [0.1, 0.15) is 64.7 Å². The standard InChI is InChI=1S/C16H30N2/c1-16(9-5-10-16)12-18-15-8-4-6-13(15)14-7-2-3-11-17-14/h13-15,17-18H,2-12H2,1H3. The van der Waals surface area contributed by atoms with Gasteiger partial charge in [-0.25, -0.2) is 0 Å². The number of hydrogen-bond donors (Lipinski definition) is 2. The maximum Gasteiger partial charge on any atom is 0.0110 e. The average molecular weight is 250 g/mol. The molecule has 0 spiro atoms. The molecule has 0 aromatic rings. The average Bonchev–Trinajstić information content (AvgIpc) is 2.83. The lowest BCUT2D eigenvalue weighted by molar-refractivity contribution is 0.141. The van der Waals surface area contributed by atoms with Gasteiger partial charge in [0.1, 0.15) is 0 Å². The van der Waals surface area contributed by atoms with Gasteiger partial charge >= 0.3 is 0 Å². The minimum atomic E-state index is 0.632. The second-order valence-electron chi connectivity index (χ2n) is 7.30. The highest BCUT2D eigenvalue weighted by Crippen LogP contribution is 2.40. The maximum absolute atomic E-state index is 3.93. The highest BCUT2D eigenvalue weighted by atomic mass is 15.0. The van der Waals surface area contributed by atoms with Gasteiger partial charge in [0, 0.05) is 18.6 Å². The molecule has 2 nitrogen and oxygen atoms in total. The van der Waals surface area contributed by atoms with Gasteiger partial charge in [0.2, 0.25) is 0 Å². The van der Waals surface area contributed by atoms with E-state index in [1.54, 1.807) is 0 Å². The molecule has 3 fully saturated rings. The van der Waals surface area contributed by atoms with E-state index in [4.69, 9.17) is 0 Å². The van der Waals surface area contributed by atoms with E-state index in [9.17, 15) is 0 Å². The predicted octanol–water partition coefficient (Wildman–Crippen LogP) is 3.08. The Labute approximate surface area is 112 Å². The van der Waals surface area contributed by atoms with Crippen LogP contribution < -0.4 is 10.6 Å². The first kappa shape index (κ1) is 12.9. The molecule has 0 amide bonds. The summed E-state index contributed by atoms with van der Waals surface area (Å²) in [5.41, 5.74) is 0.632. The quantitative estimate of drug-likeness (QED) is 0.801. The fourth-order valence-electron chi connectivity index (χ4n) is 4.30. The lowest BCUT2D eigenvalue weighted by Crippen LogP contribution is -2.49. The van der Waals surface area contributed by atoms with Gasteiger partial charge in [0.05, 0.1) is 0 Å². The molecule has 2 heteroatoms. The van der Waals surface area contributed by atoms with Crippen LogP contribution in [-0.2, 0) is 0 Å². The Morgan fingerprint density at radius 2 is 1.94 bits per heavy atom. The SMILES string of the molecule is CC1(CNC2CCCC2C2CCCCN2)CCC1. The number of nitrogens with one attached hydrogen (secondary N) is 2. The van der Waals surface area contributed by atoms with E-state index in [1.807, 2.05) is 0 Å². The van der Waals surface area contributed by atoms with Gasteiger partial charge in [-0.2, -0.15) is 0 Å². The summed E-state index contributed by atoms with van der Waals surface area (Å²) in [5, 5.41) is 7.71. The number of rotatable bonds is 4. The summed E-state index contributed by atoms with van der Waals surface area (Å²) in [6.07, 6.45) is 12.9. The Bertz CT molecular complexity index is 266. The third-order valence-corrected chi connectivity index (χ3v) is 5.79. The van der Waals surface area contributed by atoms with Crippen LogP contribution in [0, 0.1) is 11.3 Å². The van der Waals surface area contributed by atoms with E-state index in [0.717, 1.165) is 18.0 Å². The summed E-state index contributed by atoms with van der Waals surface area (Å²) in [4.78, 5) is 0. The molecule has 1 aliphatic heterocycles. The van der Waals surface area contributed by atoms with Gasteiger partial charge in [0.15, 0.2) is 0 Å². The Morgan fingerprint density at radius 3 is 2.61 bits per heavy atom. The van der Waals surface area contributed by atoms with E-state index in [-0.39, 0.29) is 0 Å². The predicted molar refractivity (Wildman–Crippen MR) is 76.7 cm³/mol. The summed E-state index contributed by atoms with van der Waals surface area (Å²) in [6.45, 7) is 4.98. The van der Waals surface area contributed by atoms with Crippen molar-refractivity contribution in [2.75, 3.05) is 13.1 Å². The Hall–Kier alpha value is -0.0800. The van der Waals surface area contributed by atoms with Crippen molar-refractivity contribution >= 4 is 0 Å². The molecule has 0 bridgehead atoms. The third kappa shape index (κ3) is 2.75. The Kier molecular flexibility index (Phi) is 3.95. The largest absolute Gasteiger partial charge is 0.314 e. The lowest BCUT2D eigenvalue weighted by atomic mass is 9.70. The first-order valence-electron chi connectivity index (χ1n) is 8.24. The molecule has 0 aromatic heterocycles. The molecule has 3 atom stereocenters. The van der Waals surface area contributed by atoms with Gasteiger partial charge in [-0.1, -0.05) is 26.2 Å². The summed E-state index contributed by atoms with van der Waals surface area (Å²) in [6, 6.07) is 1.62. The van der Waals surface area contributed by atoms with Crippen molar-refractivity contribution in [3.63, 3.8) is 0 Å². The molecule has 1 saturated heterocycles. The molecule has 2 saturated carbocycles. The lowest BCUT2D eigenvalue weighted by Gasteiger charge is -2.41. The molecule has 18 heavy (non-hydrogen) atoms. The second-order valence-corrected chi connectivity index (χ2v) is 7.30. The van der Waals surface area contributed by atoms with Crippen LogP contribution in [0.2, 0.25) is 0 Å². The molecular weight excluding hydrogens is 220 g/mol. The van der Waals surface area contributed by atoms with E-state index in [2.05, 4.69) is 17.6 Å². The van der Waals surface area contributed by atoms with Crippen molar-refractivity contribution in [3.05, 3.63) is 0 Å². The molecule has 0 radical (unpaired) electrons. The number of piperidine rings is 1. The maximum atomic E-state index is 3.93. The van der Waals surface area contributed by atoms with Crippen molar-refractivity contribution in [3.8, 4) is 0 Å². The fraction of sp³-hybridized carbons (Fsp3) is 1.00. The highest BCUT2D eigenvalue weighted by Gasteiger charge is 2.37. The van der Waals surface area contributed by atoms with Crippen molar-refractivity contribution in [1.29, 1.82) is 0 Å². The van der Waals surface area contributed by atoms with Crippen LogP contribution >= 0.6 is 0 Å². The molecule has 3 rings (SSSR count). The van der Waals surface area contributed by atoms with Crippen molar-refractivity contribution < 1.29 is 0 Å². The van der Waals surface area contributed by atoms with Crippen molar-refractivity contribution in [2.45, 2.75) is 76.8 Å². The van der Waals surface area contributed by atoms with Gasteiger partial charge in [-0.15, -0.1) is 0 Å². The van der Waals surface area contributed by atoms with Crippen LogP contribution in [0.3, 0.4) is 0 Å². The van der Waals surface area contributed by atoms with Crippen LogP contribution in [0.15, 0.2) is 0 Å². The molecule has 1 heterocycles. The topological polar surface area (TPSA) is 24.1 Å². The summed E-state index contributed by atoms with van der Waals surface area (Å²) in [7, 11) is 0. The first-order valence-corrected chi connectivity index (χ1v) is 8.24. The first-order chi connectivity index (χ1) is 8.77. The van der Waals surface area contributed by atoms with Crippen LogP contribution in [0.4, 0.5) is 0 Å². The van der Waals surface area contributed by atoms with E-state index in [1.165, 1.54) is 70.9 Å². The molecule has 2 aliphatic carbocycles. The van der Waals surface area contributed by atoms with Crippen LogP contribution in [-0.4, -0.2) is 25.2 Å². The van der Waals surface area contributed by atoms with Crippen molar-refractivity contribution in [1.82, 2.24) is 10.6 Å². The zero-order valence-corrected chi connectivity index (χ0v) is 12.0. The third-order valence-electron chi connectivity index (χ3n) is 5.79. The summed E-state index contributed by atoms with van der Waals surface area (Å²) >= 11 is 0. The minimum Gasteiger partial charge on any atom is -0.314 e. The zero-order chi connectivity index (χ0) is 12.4. The smallest absolute Gasteiger partial charge is 0.0110 e. The van der Waals surface area contributed by atoms with Gasteiger partial charge in [-0.05, 0) is 56.4 Å². The monoisotopic (exact) mass is 250 g/mol. The Balaban J connectivity index is 1.50. The molecule has 0 aromatic carbocycles. The van der Waals surface area contributed by atoms with E-state index in [0.29, 0.717) is 5.41 Å². The normalized spacial score (nSPS) is 39.5. The molecule has 3 unspecified atom stereocenters. The fourth-order valence-corrected chi connectivity index (χ4v) is 4.30. The van der Waals surface area contributed by atoms with Gasteiger partial charge in [-0.3, -0.25) is 0 Å². The van der Waals surface area contributed by atoms with Gasteiger partial charge < -0.3 is 10.6 Å². The van der Waals surface area contributed by atoms with Crippen molar-refractivity contribution in [2.24, 2.45) is 11.3 Å². The van der Waals surface area contributed by atoms with E-state index < -0.39 is 0 Å². The molecule has 2 N–H and O–H groups in total. The Morgan fingerprint density at radius 1 is 1.06 bits per heavy atom. The summed E-state index contributed by atoms with van der Waals surface area (Å²) < 4.78 is 0. The molecular formula is C16H30N2. The van der Waals surface area contributed by atoms with E-state index >= 15 is 0 Å². The molecule has 104 valence electrons. The number of hydrogen-bond acceptors (Lipinski definition) is 2. The molecule has 3 aliphatic rings. The van der Waals surface area contributed by atoms with Crippen LogP contribution in [0.25, 0.3) is 0 Å². The zero-order valence-electron chi connectivity index (χ0n) is 12.0. The highest BCUT2D eigenvalue weighted by molar-refractivity contribution is 4.94. The second kappa shape index (κ2) is 5.50. The minimum absolute atomic E-state index is 0.632. The summed E-state index contributed by atoms with van der Waals surface area (Å²) in [5.74, 6) is 0.911. The van der Waals surface area contributed by atoms with Crippen LogP contribution in [0.5, 0.6) is 0 Å².